The number of nitrogens with zero attached hydrogens (tertiary/aromatic N) is 1. The normalized spacial score (nSPS) is 18.0. The summed E-state index contributed by atoms with van der Waals surface area (Å²) in [6.45, 7) is 3.22. The average Bonchev–Trinajstić information content (AvgIpc) is 3.14. The second kappa shape index (κ2) is 7.38. The van der Waals surface area contributed by atoms with Crippen LogP contribution in [0.5, 0.6) is 0 Å². The van der Waals surface area contributed by atoms with Gasteiger partial charge in [0.25, 0.3) is 5.91 Å². The summed E-state index contributed by atoms with van der Waals surface area (Å²) in [6, 6.07) is 10.9. The lowest BCUT2D eigenvalue weighted by Gasteiger charge is -2.23. The lowest BCUT2D eigenvalue weighted by Crippen LogP contribution is -2.41. The van der Waals surface area contributed by atoms with E-state index in [1.807, 2.05) is 0 Å². The Morgan fingerprint density at radius 2 is 1.93 bits per heavy atom. The zero-order valence-electron chi connectivity index (χ0n) is 16.4. The molecule has 3 aromatic rings. The van der Waals surface area contributed by atoms with Crippen molar-refractivity contribution < 1.29 is 23.5 Å². The number of ketones is 1. The van der Waals surface area contributed by atoms with Crippen LogP contribution in [0.15, 0.2) is 53.1 Å². The fourth-order valence-corrected chi connectivity index (χ4v) is 4.21. The topological polar surface area (TPSA) is 70.7 Å². The van der Waals surface area contributed by atoms with Crippen LogP contribution in [0.1, 0.15) is 39.2 Å². The summed E-state index contributed by atoms with van der Waals surface area (Å²) >= 11 is 6.14. The number of anilines is 1. The summed E-state index contributed by atoms with van der Waals surface area (Å²) in [7, 11) is 0. The maximum atomic E-state index is 14.3. The number of Topliss-reactive ketones (excluding diaryl/α,β-unsaturated/α-hetero) is 1. The van der Waals surface area contributed by atoms with Crippen LogP contribution in [-0.2, 0) is 16.9 Å². The van der Waals surface area contributed by atoms with Crippen molar-refractivity contribution in [3.8, 4) is 0 Å². The fourth-order valence-electron chi connectivity index (χ4n) is 3.99. The minimum absolute atomic E-state index is 0.138. The number of hydrogen-bond donors (Lipinski definition) is 1. The number of benzene rings is 2. The third kappa shape index (κ3) is 3.13. The predicted molar refractivity (Wildman–Crippen MR) is 110 cm³/mol. The van der Waals surface area contributed by atoms with E-state index in [1.54, 1.807) is 38.1 Å². The molecule has 4 rings (SSSR count). The number of amides is 1. The van der Waals surface area contributed by atoms with E-state index >= 15 is 0 Å². The summed E-state index contributed by atoms with van der Waals surface area (Å²) in [6.07, 6.45) is 1.01. The van der Waals surface area contributed by atoms with Gasteiger partial charge in [0.1, 0.15) is 11.6 Å². The zero-order valence-corrected chi connectivity index (χ0v) is 17.2. The van der Waals surface area contributed by atoms with E-state index in [0.717, 1.165) is 0 Å². The molecule has 0 bridgehead atoms. The molecule has 0 saturated carbocycles. The van der Waals surface area contributed by atoms with Gasteiger partial charge in [0.05, 0.1) is 30.5 Å². The Morgan fingerprint density at radius 1 is 1.20 bits per heavy atom. The van der Waals surface area contributed by atoms with Crippen LogP contribution in [0.4, 0.5) is 10.1 Å². The lowest BCUT2D eigenvalue weighted by molar-refractivity contribution is -0.136. The summed E-state index contributed by atoms with van der Waals surface area (Å²) in [5.74, 6) is -1.23. The van der Waals surface area contributed by atoms with Gasteiger partial charge in [-0.25, -0.2) is 4.39 Å². The van der Waals surface area contributed by atoms with Gasteiger partial charge in [-0.3, -0.25) is 9.59 Å². The Bertz CT molecular complexity index is 1130. The molecule has 0 spiro atoms. The monoisotopic (exact) mass is 427 g/mol. The molecule has 2 aromatic carbocycles. The average molecular weight is 428 g/mol. The van der Waals surface area contributed by atoms with Crippen LogP contribution in [0.25, 0.3) is 0 Å². The van der Waals surface area contributed by atoms with E-state index in [-0.39, 0.29) is 17.1 Å². The molecule has 0 radical (unpaired) electrons. The van der Waals surface area contributed by atoms with E-state index in [9.17, 15) is 19.1 Å². The molecule has 1 aliphatic heterocycles. The standard InChI is InChI=1S/C23H19ClFNO4/c1-13-12-30-14(2)21(13)20(27)10-23(29)16-6-3-4-9-19(16)26(22(23)28)11-15-17(24)7-5-8-18(15)25/h3-9,12,29H,10-11H2,1-2H3/t23-/m0/s1. The van der Waals surface area contributed by atoms with Gasteiger partial charge in [0.15, 0.2) is 11.4 Å². The highest BCUT2D eigenvalue weighted by molar-refractivity contribution is 6.31. The molecule has 1 amide bonds. The zero-order chi connectivity index (χ0) is 21.6. The SMILES string of the molecule is Cc1coc(C)c1C(=O)C[C@@]1(O)C(=O)N(Cc2c(F)cccc2Cl)c2ccccc21. The summed E-state index contributed by atoms with van der Waals surface area (Å²) in [5.41, 5.74) is -0.229. The molecular weight excluding hydrogens is 409 g/mol. The number of hydrogen-bond acceptors (Lipinski definition) is 4. The molecule has 1 aromatic heterocycles. The van der Waals surface area contributed by atoms with E-state index in [2.05, 4.69) is 0 Å². The number of aryl methyl sites for hydroxylation is 2. The first-order valence-electron chi connectivity index (χ1n) is 9.38. The predicted octanol–water partition coefficient (Wildman–Crippen LogP) is 4.70. The molecule has 1 atom stereocenters. The van der Waals surface area contributed by atoms with Gasteiger partial charge in [0, 0.05) is 16.1 Å². The Morgan fingerprint density at radius 3 is 2.60 bits per heavy atom. The molecular formula is C23H19ClFNO4. The molecule has 7 heteroatoms. The van der Waals surface area contributed by atoms with Gasteiger partial charge in [-0.05, 0) is 37.6 Å². The quantitative estimate of drug-likeness (QED) is 0.599. The highest BCUT2D eigenvalue weighted by atomic mass is 35.5. The van der Waals surface area contributed by atoms with Crippen LogP contribution < -0.4 is 4.90 Å². The number of fused-ring (bicyclic) bond motifs is 1. The lowest BCUT2D eigenvalue weighted by atomic mass is 9.87. The highest BCUT2D eigenvalue weighted by Gasteiger charge is 2.51. The maximum Gasteiger partial charge on any atom is 0.264 e. The maximum absolute atomic E-state index is 14.3. The van der Waals surface area contributed by atoms with Crippen molar-refractivity contribution in [3.63, 3.8) is 0 Å². The van der Waals surface area contributed by atoms with Gasteiger partial charge in [-0.15, -0.1) is 0 Å². The van der Waals surface area contributed by atoms with Crippen molar-refractivity contribution >= 4 is 29.0 Å². The molecule has 2 heterocycles. The number of carbonyl (C=O) groups excluding carboxylic acids is 2. The van der Waals surface area contributed by atoms with E-state index in [4.69, 9.17) is 16.0 Å². The van der Waals surface area contributed by atoms with Crippen molar-refractivity contribution in [3.05, 3.63) is 87.6 Å². The number of para-hydroxylation sites is 1. The smallest absolute Gasteiger partial charge is 0.264 e. The number of aliphatic hydroxyl groups is 1. The highest BCUT2D eigenvalue weighted by Crippen LogP contribution is 2.44. The van der Waals surface area contributed by atoms with E-state index in [0.29, 0.717) is 28.1 Å². The third-order valence-corrected chi connectivity index (χ3v) is 5.83. The summed E-state index contributed by atoms with van der Waals surface area (Å²) in [4.78, 5) is 27.6. The van der Waals surface area contributed by atoms with Gasteiger partial charge in [0.2, 0.25) is 0 Å². The van der Waals surface area contributed by atoms with Crippen molar-refractivity contribution in [2.75, 3.05) is 4.90 Å². The second-order valence-electron chi connectivity index (χ2n) is 7.42. The first-order chi connectivity index (χ1) is 14.2. The Balaban J connectivity index is 1.73. The second-order valence-corrected chi connectivity index (χ2v) is 7.83. The molecule has 0 saturated heterocycles. The van der Waals surface area contributed by atoms with Crippen molar-refractivity contribution in [1.29, 1.82) is 0 Å². The molecule has 0 fully saturated rings. The van der Waals surface area contributed by atoms with E-state index < -0.39 is 29.5 Å². The molecule has 1 aliphatic rings. The van der Waals surface area contributed by atoms with Crippen molar-refractivity contribution in [1.82, 2.24) is 0 Å². The van der Waals surface area contributed by atoms with Crippen LogP contribution >= 0.6 is 11.6 Å². The first-order valence-corrected chi connectivity index (χ1v) is 9.76. The Kier molecular flexibility index (Phi) is 5.00. The van der Waals surface area contributed by atoms with Gasteiger partial charge < -0.3 is 14.4 Å². The molecule has 0 unspecified atom stereocenters. The summed E-state index contributed by atoms with van der Waals surface area (Å²) in [5, 5.41) is 11.6. The Hall–Kier alpha value is -2.96. The Labute approximate surface area is 177 Å². The van der Waals surface area contributed by atoms with Gasteiger partial charge in [-0.1, -0.05) is 35.9 Å². The van der Waals surface area contributed by atoms with Crippen LogP contribution in [-0.4, -0.2) is 16.8 Å². The van der Waals surface area contributed by atoms with Crippen molar-refractivity contribution in [2.24, 2.45) is 0 Å². The summed E-state index contributed by atoms with van der Waals surface area (Å²) < 4.78 is 19.6. The molecule has 5 nitrogen and oxygen atoms in total. The number of carbonyl (C=O) groups is 2. The number of rotatable bonds is 5. The van der Waals surface area contributed by atoms with Gasteiger partial charge >= 0.3 is 0 Å². The third-order valence-electron chi connectivity index (χ3n) is 5.47. The molecule has 0 aliphatic carbocycles. The number of furan rings is 1. The minimum Gasteiger partial charge on any atom is -0.469 e. The molecule has 154 valence electrons. The minimum atomic E-state index is -2.07. The van der Waals surface area contributed by atoms with Crippen LogP contribution in [0.3, 0.4) is 0 Å². The van der Waals surface area contributed by atoms with Crippen LogP contribution in [0, 0.1) is 19.7 Å². The van der Waals surface area contributed by atoms with E-state index in [1.165, 1.54) is 29.4 Å². The molecule has 30 heavy (non-hydrogen) atoms. The van der Waals surface area contributed by atoms with Crippen molar-refractivity contribution in [2.45, 2.75) is 32.4 Å². The fraction of sp³-hybridized carbons (Fsp3) is 0.217. The number of halogens is 2. The largest absolute Gasteiger partial charge is 0.469 e. The molecule has 1 N–H and O–H groups in total. The van der Waals surface area contributed by atoms with Crippen LogP contribution in [0.2, 0.25) is 5.02 Å². The first kappa shape index (κ1) is 20.3. The van der Waals surface area contributed by atoms with Gasteiger partial charge in [-0.2, -0.15) is 0 Å².